The van der Waals surface area contributed by atoms with Crippen LogP contribution in [0.4, 0.5) is 0 Å². The fraction of sp³-hybridized carbons (Fsp3) is 0.333. The highest BCUT2D eigenvalue weighted by molar-refractivity contribution is 8.76. The van der Waals surface area contributed by atoms with E-state index in [9.17, 15) is 9.59 Å². The van der Waals surface area contributed by atoms with Crippen LogP contribution >= 0.6 is 34.0 Å². The number of H-pyrrole nitrogens is 2. The lowest BCUT2D eigenvalue weighted by atomic mass is 10.2. The zero-order valence-corrected chi connectivity index (χ0v) is 16.0. The summed E-state index contributed by atoms with van der Waals surface area (Å²) in [6.45, 7) is 3.51. The first-order valence-electron chi connectivity index (χ1n) is 6.83. The molecule has 0 aliphatic rings. The number of nitrogens with two attached hydrogens (primary N) is 2. The molecule has 2 amide bonds. The minimum absolute atomic E-state index is 0. The van der Waals surface area contributed by atoms with E-state index in [0.29, 0.717) is 45.4 Å². The van der Waals surface area contributed by atoms with Crippen LogP contribution in [0.1, 0.15) is 43.5 Å². The van der Waals surface area contributed by atoms with Crippen LogP contribution in [0, 0.1) is 13.8 Å². The third-order valence-electron chi connectivity index (χ3n) is 3.24. The summed E-state index contributed by atoms with van der Waals surface area (Å²) in [5.74, 6) is 10.6. The molecule has 10 nitrogen and oxygen atoms in total. The molecule has 0 radical (unpaired) electrons. The van der Waals surface area contributed by atoms with Crippen molar-refractivity contribution >= 4 is 45.8 Å². The van der Waals surface area contributed by atoms with E-state index in [1.54, 1.807) is 13.8 Å². The summed E-state index contributed by atoms with van der Waals surface area (Å²) in [7, 11) is 2.98. The highest BCUT2D eigenvalue weighted by Gasteiger charge is 2.19. The van der Waals surface area contributed by atoms with E-state index in [2.05, 4.69) is 31.2 Å². The van der Waals surface area contributed by atoms with Gasteiger partial charge in [0.25, 0.3) is 11.8 Å². The number of halogens is 1. The molecule has 138 valence electrons. The highest BCUT2D eigenvalue weighted by Crippen LogP contribution is 2.31. The third kappa shape index (κ3) is 4.89. The van der Waals surface area contributed by atoms with Crippen molar-refractivity contribution in [3.05, 3.63) is 33.9 Å². The summed E-state index contributed by atoms with van der Waals surface area (Å²) >= 11 is 0. The summed E-state index contributed by atoms with van der Waals surface area (Å²) in [5, 5.41) is 13.8. The van der Waals surface area contributed by atoms with Gasteiger partial charge in [-0.1, -0.05) is 21.6 Å². The predicted octanol–water partition coefficient (Wildman–Crippen LogP) is 0.460. The monoisotopic (exact) mass is 406 g/mol. The molecule has 2 aromatic rings. The molecule has 0 saturated carbocycles. The Morgan fingerprint density at radius 1 is 0.920 bits per heavy atom. The number of aromatic nitrogens is 4. The molecule has 0 unspecified atom stereocenters. The Morgan fingerprint density at radius 2 is 1.28 bits per heavy atom. The molecule has 2 heterocycles. The molecule has 0 bridgehead atoms. The molecule has 8 N–H and O–H groups in total. The lowest BCUT2D eigenvalue weighted by molar-refractivity contribution is 0.0944. The van der Waals surface area contributed by atoms with Crippen LogP contribution in [0.3, 0.4) is 0 Å². The number of nitrogen functional groups attached to an aromatic ring is 2. The minimum Gasteiger partial charge on any atom is -0.290 e. The van der Waals surface area contributed by atoms with Crippen molar-refractivity contribution in [1.82, 2.24) is 31.2 Å². The lowest BCUT2D eigenvalue weighted by Gasteiger charge is -2.03. The van der Waals surface area contributed by atoms with Gasteiger partial charge in [0, 0.05) is 22.9 Å². The van der Waals surface area contributed by atoms with Gasteiger partial charge in [-0.05, 0) is 13.8 Å². The molecule has 25 heavy (non-hydrogen) atoms. The first-order chi connectivity index (χ1) is 11.5. The van der Waals surface area contributed by atoms with Gasteiger partial charge in [-0.25, -0.2) is 11.7 Å². The second-order valence-corrected chi connectivity index (χ2v) is 7.27. The molecule has 13 heteroatoms. The Hall–Kier alpha value is -1.73. The summed E-state index contributed by atoms with van der Waals surface area (Å²) in [6.07, 6.45) is 0. The van der Waals surface area contributed by atoms with Gasteiger partial charge >= 0.3 is 0 Å². The normalized spacial score (nSPS) is 10.2. The summed E-state index contributed by atoms with van der Waals surface area (Å²) in [5.41, 5.74) is 7.66. The average Bonchev–Trinajstić information content (AvgIpc) is 3.13. The van der Waals surface area contributed by atoms with E-state index in [-0.39, 0.29) is 24.2 Å². The predicted molar refractivity (Wildman–Crippen MR) is 99.8 cm³/mol. The van der Waals surface area contributed by atoms with Gasteiger partial charge in [-0.3, -0.25) is 30.6 Å². The number of amides is 2. The van der Waals surface area contributed by atoms with Gasteiger partial charge in [0.15, 0.2) is 0 Å². The summed E-state index contributed by atoms with van der Waals surface area (Å²) < 4.78 is 0. The summed E-state index contributed by atoms with van der Waals surface area (Å²) in [6, 6.07) is 0. The number of nitrogens with zero attached hydrogens (tertiary/aromatic N) is 2. The highest BCUT2D eigenvalue weighted by atomic mass is 35.5. The number of aromatic amines is 2. The van der Waals surface area contributed by atoms with Gasteiger partial charge in [-0.15, -0.1) is 12.4 Å². The maximum Gasteiger partial charge on any atom is 0.268 e. The zero-order valence-electron chi connectivity index (χ0n) is 13.5. The fourth-order valence-electron chi connectivity index (χ4n) is 2.11. The standard InChI is InChI=1S/C12H18N8O2S2.ClH/c1-5-9(11(21)15-13)7(19-17-5)3-23-24-4-8-10(12(22)16-14)6(2)18-20-8;/h3-4,13-14H2,1-2H3,(H,15,21)(H,16,22)(H,17,19)(H,18,20);1H. The fourth-order valence-corrected chi connectivity index (χ4v) is 4.09. The van der Waals surface area contributed by atoms with Crippen LogP contribution < -0.4 is 22.5 Å². The average molecular weight is 407 g/mol. The number of rotatable bonds is 7. The smallest absolute Gasteiger partial charge is 0.268 e. The Morgan fingerprint density at radius 3 is 1.60 bits per heavy atom. The molecular weight excluding hydrogens is 388 g/mol. The van der Waals surface area contributed by atoms with Crippen LogP contribution in [-0.2, 0) is 11.5 Å². The topological polar surface area (TPSA) is 168 Å². The molecule has 0 fully saturated rings. The Balaban J connectivity index is 0.00000312. The van der Waals surface area contributed by atoms with Crippen molar-refractivity contribution < 1.29 is 9.59 Å². The molecule has 2 rings (SSSR count). The second kappa shape index (κ2) is 9.68. The van der Waals surface area contributed by atoms with Crippen molar-refractivity contribution in [2.24, 2.45) is 11.7 Å². The van der Waals surface area contributed by atoms with Crippen LogP contribution in [0.2, 0.25) is 0 Å². The van der Waals surface area contributed by atoms with Crippen molar-refractivity contribution in [2.75, 3.05) is 0 Å². The van der Waals surface area contributed by atoms with Crippen molar-refractivity contribution in [3.63, 3.8) is 0 Å². The molecule has 0 aliphatic heterocycles. The van der Waals surface area contributed by atoms with E-state index >= 15 is 0 Å². The van der Waals surface area contributed by atoms with Gasteiger partial charge in [-0.2, -0.15) is 10.2 Å². The van der Waals surface area contributed by atoms with Crippen molar-refractivity contribution in [1.29, 1.82) is 0 Å². The Labute approximate surface area is 157 Å². The first-order valence-corrected chi connectivity index (χ1v) is 9.32. The largest absolute Gasteiger partial charge is 0.290 e. The van der Waals surface area contributed by atoms with E-state index in [1.807, 2.05) is 0 Å². The number of hydrogen-bond donors (Lipinski definition) is 6. The van der Waals surface area contributed by atoms with Crippen molar-refractivity contribution in [3.8, 4) is 0 Å². The molecule has 0 saturated heterocycles. The van der Waals surface area contributed by atoms with E-state index in [0.717, 1.165) is 0 Å². The molecule has 0 spiro atoms. The lowest BCUT2D eigenvalue weighted by Crippen LogP contribution is -2.31. The van der Waals surface area contributed by atoms with E-state index in [4.69, 9.17) is 11.7 Å². The van der Waals surface area contributed by atoms with Crippen molar-refractivity contribution in [2.45, 2.75) is 25.4 Å². The number of hydrazine groups is 2. The number of carbonyl (C=O) groups is 2. The molecular formula is C12H19ClN8O2S2. The molecule has 0 aromatic carbocycles. The van der Waals surface area contributed by atoms with Gasteiger partial charge in [0.2, 0.25) is 0 Å². The second-order valence-electron chi connectivity index (χ2n) is 4.81. The van der Waals surface area contributed by atoms with Crippen LogP contribution in [0.5, 0.6) is 0 Å². The number of nitrogens with one attached hydrogen (secondary N) is 4. The van der Waals surface area contributed by atoms with Gasteiger partial charge in [0.05, 0.1) is 22.5 Å². The summed E-state index contributed by atoms with van der Waals surface area (Å²) in [4.78, 5) is 23.5. The maximum atomic E-state index is 11.7. The maximum absolute atomic E-state index is 11.7. The number of carbonyl (C=O) groups excluding carboxylic acids is 2. The Kier molecular flexibility index (Phi) is 8.25. The van der Waals surface area contributed by atoms with Gasteiger partial charge < -0.3 is 0 Å². The zero-order chi connectivity index (χ0) is 17.7. The first kappa shape index (κ1) is 21.3. The molecule has 0 atom stereocenters. The van der Waals surface area contributed by atoms with E-state index in [1.165, 1.54) is 21.6 Å². The quantitative estimate of drug-likeness (QED) is 0.127. The van der Waals surface area contributed by atoms with E-state index < -0.39 is 0 Å². The molecule has 2 aromatic heterocycles. The molecule has 0 aliphatic carbocycles. The van der Waals surface area contributed by atoms with Gasteiger partial charge in [0.1, 0.15) is 0 Å². The number of hydrogen-bond acceptors (Lipinski definition) is 8. The van der Waals surface area contributed by atoms with Crippen LogP contribution in [0.25, 0.3) is 0 Å². The Bertz CT molecular complexity index is 685. The number of aryl methyl sites for hydroxylation is 2. The van der Waals surface area contributed by atoms with Crippen LogP contribution in [-0.4, -0.2) is 32.2 Å². The van der Waals surface area contributed by atoms with Crippen LogP contribution in [0.15, 0.2) is 0 Å². The third-order valence-corrected chi connectivity index (χ3v) is 5.39. The SMILES string of the molecule is Cc1[nH]nc(CSSCc2n[nH]c(C)c2C(=O)NN)c1C(=O)NN.Cl. The minimum atomic E-state index is -0.383.